The normalized spacial score (nSPS) is 21.1. The van der Waals surface area contributed by atoms with Gasteiger partial charge in [0.2, 0.25) is 5.91 Å². The van der Waals surface area contributed by atoms with Gasteiger partial charge < -0.3 is 14.5 Å². The van der Waals surface area contributed by atoms with E-state index in [0.29, 0.717) is 48.4 Å². The molecule has 2 amide bonds. The molecule has 3 rings (SSSR count). The standard InChI is InChI=1S/C18H20Cl2N2O3/c19-14-4-1-3-13(17(14)20)6-7-16(23)21-8-10-22(11-9-21)18(24)15-5-2-12-25-15/h1,3-4,6-7,15H,2,5,8-12H2. The third-order valence-electron chi connectivity index (χ3n) is 4.50. The van der Waals surface area contributed by atoms with Crippen LogP contribution in [0, 0.1) is 0 Å². The average molecular weight is 383 g/mol. The van der Waals surface area contributed by atoms with Crippen LogP contribution in [-0.4, -0.2) is 60.5 Å². The van der Waals surface area contributed by atoms with Gasteiger partial charge in [-0.05, 0) is 30.5 Å². The van der Waals surface area contributed by atoms with Crippen LogP contribution in [0.4, 0.5) is 0 Å². The van der Waals surface area contributed by atoms with Crippen LogP contribution in [-0.2, 0) is 14.3 Å². The molecule has 2 heterocycles. The number of rotatable bonds is 3. The van der Waals surface area contributed by atoms with Crippen molar-refractivity contribution in [3.05, 3.63) is 39.9 Å². The van der Waals surface area contributed by atoms with E-state index in [1.54, 1.807) is 34.1 Å². The summed E-state index contributed by atoms with van der Waals surface area (Å²) in [4.78, 5) is 28.2. The van der Waals surface area contributed by atoms with Crippen LogP contribution in [0.2, 0.25) is 10.0 Å². The first-order valence-corrected chi connectivity index (χ1v) is 9.13. The third-order valence-corrected chi connectivity index (χ3v) is 5.33. The quantitative estimate of drug-likeness (QED) is 0.755. The van der Waals surface area contributed by atoms with Crippen molar-refractivity contribution < 1.29 is 14.3 Å². The van der Waals surface area contributed by atoms with Crippen molar-refractivity contribution in [3.63, 3.8) is 0 Å². The number of carbonyl (C=O) groups excluding carboxylic acids is 2. The molecule has 2 fully saturated rings. The number of carbonyl (C=O) groups is 2. The predicted octanol–water partition coefficient (Wildman–Crippen LogP) is 2.86. The highest BCUT2D eigenvalue weighted by Gasteiger charge is 2.30. The molecule has 0 spiro atoms. The molecule has 0 aliphatic carbocycles. The summed E-state index contributed by atoms with van der Waals surface area (Å²) in [6.07, 6.45) is 4.59. The lowest BCUT2D eigenvalue weighted by Gasteiger charge is -2.35. The maximum absolute atomic E-state index is 12.3. The highest BCUT2D eigenvalue weighted by Crippen LogP contribution is 2.26. The van der Waals surface area contributed by atoms with E-state index < -0.39 is 0 Å². The molecule has 0 N–H and O–H groups in total. The zero-order valence-electron chi connectivity index (χ0n) is 13.8. The first-order valence-electron chi connectivity index (χ1n) is 8.37. The van der Waals surface area contributed by atoms with Crippen molar-refractivity contribution in [2.24, 2.45) is 0 Å². The number of halogens is 2. The van der Waals surface area contributed by atoms with E-state index >= 15 is 0 Å². The topological polar surface area (TPSA) is 49.9 Å². The molecule has 0 radical (unpaired) electrons. The molecule has 0 bridgehead atoms. The van der Waals surface area contributed by atoms with Crippen LogP contribution < -0.4 is 0 Å². The summed E-state index contributed by atoms with van der Waals surface area (Å²) in [5, 5.41) is 0.887. The Labute approximate surface area is 157 Å². The molecule has 7 heteroatoms. The molecule has 5 nitrogen and oxygen atoms in total. The second kappa shape index (κ2) is 8.21. The predicted molar refractivity (Wildman–Crippen MR) is 97.6 cm³/mol. The average Bonchev–Trinajstić information content (AvgIpc) is 3.17. The van der Waals surface area contributed by atoms with Gasteiger partial charge in [-0.1, -0.05) is 35.3 Å². The van der Waals surface area contributed by atoms with Gasteiger partial charge in [0.25, 0.3) is 5.91 Å². The zero-order valence-corrected chi connectivity index (χ0v) is 15.3. The van der Waals surface area contributed by atoms with Gasteiger partial charge in [0.15, 0.2) is 0 Å². The Hall–Kier alpha value is -1.56. The van der Waals surface area contributed by atoms with E-state index in [1.165, 1.54) is 6.08 Å². The minimum Gasteiger partial charge on any atom is -0.368 e. The highest BCUT2D eigenvalue weighted by molar-refractivity contribution is 6.42. The molecule has 1 unspecified atom stereocenters. The van der Waals surface area contributed by atoms with Gasteiger partial charge in [-0.15, -0.1) is 0 Å². The van der Waals surface area contributed by atoms with Crippen LogP contribution in [0.1, 0.15) is 18.4 Å². The number of ether oxygens (including phenoxy) is 1. The second-order valence-corrected chi connectivity index (χ2v) is 6.91. The number of amides is 2. The van der Waals surface area contributed by atoms with Crippen molar-refractivity contribution >= 4 is 41.1 Å². The van der Waals surface area contributed by atoms with Crippen LogP contribution in [0.3, 0.4) is 0 Å². The third kappa shape index (κ3) is 4.35. The monoisotopic (exact) mass is 382 g/mol. The fourth-order valence-corrected chi connectivity index (χ4v) is 3.41. The number of nitrogens with zero attached hydrogens (tertiary/aromatic N) is 2. The van der Waals surface area contributed by atoms with Crippen LogP contribution >= 0.6 is 23.2 Å². The summed E-state index contributed by atoms with van der Waals surface area (Å²) < 4.78 is 5.44. The minimum absolute atomic E-state index is 0.0471. The molecular formula is C18H20Cl2N2O3. The first kappa shape index (κ1) is 18.2. The Morgan fingerprint density at radius 2 is 1.84 bits per heavy atom. The van der Waals surface area contributed by atoms with Gasteiger partial charge in [0.05, 0.1) is 10.0 Å². The summed E-state index contributed by atoms with van der Waals surface area (Å²) >= 11 is 12.1. The summed E-state index contributed by atoms with van der Waals surface area (Å²) in [5.41, 5.74) is 0.703. The SMILES string of the molecule is O=C(C=Cc1cccc(Cl)c1Cl)N1CCN(C(=O)C2CCCO2)CC1. The lowest BCUT2D eigenvalue weighted by molar-refractivity contribution is -0.144. The number of hydrogen-bond donors (Lipinski definition) is 0. The van der Waals surface area contributed by atoms with Crippen LogP contribution in [0.15, 0.2) is 24.3 Å². The maximum atomic E-state index is 12.3. The Bertz CT molecular complexity index is 679. The number of benzene rings is 1. The Balaban J connectivity index is 1.53. The Kier molecular flexibility index (Phi) is 5.99. The van der Waals surface area contributed by atoms with Crippen LogP contribution in [0.25, 0.3) is 6.08 Å². The van der Waals surface area contributed by atoms with Gasteiger partial charge >= 0.3 is 0 Å². The molecule has 1 atom stereocenters. The van der Waals surface area contributed by atoms with Gasteiger partial charge in [-0.2, -0.15) is 0 Å². The van der Waals surface area contributed by atoms with Crippen LogP contribution in [0.5, 0.6) is 0 Å². The molecule has 2 saturated heterocycles. The Morgan fingerprint density at radius 1 is 1.12 bits per heavy atom. The molecule has 1 aromatic rings. The summed E-state index contributed by atoms with van der Waals surface area (Å²) in [6, 6.07) is 5.29. The fraction of sp³-hybridized carbons (Fsp3) is 0.444. The largest absolute Gasteiger partial charge is 0.368 e. The fourth-order valence-electron chi connectivity index (χ4n) is 3.04. The van der Waals surface area contributed by atoms with Gasteiger partial charge in [-0.3, -0.25) is 9.59 Å². The van der Waals surface area contributed by atoms with E-state index in [4.69, 9.17) is 27.9 Å². The van der Waals surface area contributed by atoms with Crippen molar-refractivity contribution in [2.75, 3.05) is 32.8 Å². The number of hydrogen-bond acceptors (Lipinski definition) is 3. The Morgan fingerprint density at radius 3 is 2.52 bits per heavy atom. The molecule has 0 saturated carbocycles. The summed E-state index contributed by atoms with van der Waals surface area (Å²) in [7, 11) is 0. The van der Waals surface area contributed by atoms with Gasteiger partial charge in [0.1, 0.15) is 6.10 Å². The molecule has 0 aromatic heterocycles. The minimum atomic E-state index is -0.299. The summed E-state index contributed by atoms with van der Waals surface area (Å²) in [5.74, 6) is -0.0499. The zero-order chi connectivity index (χ0) is 17.8. The van der Waals surface area contributed by atoms with Gasteiger partial charge in [-0.25, -0.2) is 0 Å². The van der Waals surface area contributed by atoms with E-state index in [0.717, 1.165) is 12.8 Å². The lowest BCUT2D eigenvalue weighted by Crippen LogP contribution is -2.52. The van der Waals surface area contributed by atoms with Crippen molar-refractivity contribution in [1.82, 2.24) is 9.80 Å². The smallest absolute Gasteiger partial charge is 0.251 e. The highest BCUT2D eigenvalue weighted by atomic mass is 35.5. The molecule has 2 aliphatic rings. The summed E-state index contributed by atoms with van der Waals surface area (Å²) in [6.45, 7) is 2.77. The lowest BCUT2D eigenvalue weighted by atomic mass is 10.2. The van der Waals surface area contributed by atoms with E-state index in [1.807, 2.05) is 0 Å². The second-order valence-electron chi connectivity index (χ2n) is 6.13. The molecule has 2 aliphatic heterocycles. The van der Waals surface area contributed by atoms with Crippen molar-refractivity contribution in [3.8, 4) is 0 Å². The number of piperazine rings is 1. The van der Waals surface area contributed by atoms with Gasteiger partial charge in [0, 0.05) is 38.9 Å². The van der Waals surface area contributed by atoms with Crippen molar-refractivity contribution in [1.29, 1.82) is 0 Å². The van der Waals surface area contributed by atoms with E-state index in [-0.39, 0.29) is 17.9 Å². The molecule has 25 heavy (non-hydrogen) atoms. The van der Waals surface area contributed by atoms with E-state index in [2.05, 4.69) is 0 Å². The molecular weight excluding hydrogens is 363 g/mol. The van der Waals surface area contributed by atoms with E-state index in [9.17, 15) is 9.59 Å². The molecule has 1 aromatic carbocycles. The van der Waals surface area contributed by atoms with Crippen molar-refractivity contribution in [2.45, 2.75) is 18.9 Å². The first-order chi connectivity index (χ1) is 12.1. The molecule has 134 valence electrons. The maximum Gasteiger partial charge on any atom is 0.251 e.